The summed E-state index contributed by atoms with van der Waals surface area (Å²) in [6, 6.07) is 7.96. The van der Waals surface area contributed by atoms with Crippen molar-refractivity contribution >= 4 is 46.2 Å². The molecular formula is C19H17N5O2S. The predicted molar refractivity (Wildman–Crippen MR) is 107 cm³/mol. The molecule has 1 aliphatic rings. The first-order valence-corrected chi connectivity index (χ1v) is 8.83. The van der Waals surface area contributed by atoms with E-state index >= 15 is 0 Å². The van der Waals surface area contributed by atoms with Gasteiger partial charge in [0.25, 0.3) is 0 Å². The fourth-order valence-corrected chi connectivity index (χ4v) is 3.54. The van der Waals surface area contributed by atoms with Crippen molar-refractivity contribution in [3.8, 4) is 11.1 Å². The zero-order valence-electron chi connectivity index (χ0n) is 14.6. The Balaban J connectivity index is 1.73. The highest BCUT2D eigenvalue weighted by Gasteiger charge is 2.22. The van der Waals surface area contributed by atoms with Crippen molar-refractivity contribution in [2.75, 3.05) is 11.9 Å². The minimum absolute atomic E-state index is 0.0863. The molecule has 0 aliphatic carbocycles. The van der Waals surface area contributed by atoms with E-state index in [0.29, 0.717) is 17.9 Å². The third-order valence-corrected chi connectivity index (χ3v) is 4.95. The first-order valence-electron chi connectivity index (χ1n) is 8.38. The summed E-state index contributed by atoms with van der Waals surface area (Å²) in [7, 11) is 1.75. The van der Waals surface area contributed by atoms with Crippen LogP contribution in [0, 0.1) is 0 Å². The lowest BCUT2D eigenvalue weighted by molar-refractivity contribution is -0.118. The van der Waals surface area contributed by atoms with E-state index in [9.17, 15) is 9.59 Å². The van der Waals surface area contributed by atoms with Crippen LogP contribution in [0.1, 0.15) is 12.0 Å². The third-order valence-electron chi connectivity index (χ3n) is 4.63. The van der Waals surface area contributed by atoms with Crippen molar-refractivity contribution in [3.63, 3.8) is 0 Å². The van der Waals surface area contributed by atoms with Crippen LogP contribution in [-0.2, 0) is 16.0 Å². The molecule has 8 heteroatoms. The molecule has 27 heavy (non-hydrogen) atoms. The number of pyridine rings is 1. The lowest BCUT2D eigenvalue weighted by Crippen LogP contribution is -2.31. The monoisotopic (exact) mass is 379 g/mol. The topological polar surface area (TPSA) is 94.1 Å². The molecule has 4 rings (SSSR count). The molecule has 0 saturated heterocycles. The number of aryl methyl sites for hydroxylation is 1. The number of thiol groups is 1. The zero-order chi connectivity index (χ0) is 19.1. The Morgan fingerprint density at radius 1 is 1.22 bits per heavy atom. The van der Waals surface area contributed by atoms with Gasteiger partial charge in [0, 0.05) is 36.7 Å². The Bertz CT molecular complexity index is 1120. The normalized spacial score (nSPS) is 14.5. The van der Waals surface area contributed by atoms with E-state index in [4.69, 9.17) is 5.73 Å². The van der Waals surface area contributed by atoms with Gasteiger partial charge in [-0.2, -0.15) is 5.10 Å². The van der Waals surface area contributed by atoms with Crippen LogP contribution in [0.15, 0.2) is 42.7 Å². The van der Waals surface area contributed by atoms with Crippen molar-refractivity contribution in [3.05, 3.63) is 48.3 Å². The van der Waals surface area contributed by atoms with Crippen molar-refractivity contribution in [2.45, 2.75) is 12.8 Å². The maximum Gasteiger partial charge on any atom is 0.244 e. The molecule has 2 aromatic heterocycles. The molecule has 2 N–H and O–H groups in total. The van der Waals surface area contributed by atoms with Gasteiger partial charge < -0.3 is 5.73 Å². The number of benzene rings is 1. The number of anilines is 1. The fourth-order valence-electron chi connectivity index (χ4n) is 3.26. The summed E-state index contributed by atoms with van der Waals surface area (Å²) >= 11 is 4.29. The smallest absolute Gasteiger partial charge is 0.244 e. The van der Waals surface area contributed by atoms with Gasteiger partial charge in [-0.25, -0.2) is 9.67 Å². The second-order valence-electron chi connectivity index (χ2n) is 6.39. The van der Waals surface area contributed by atoms with Crippen molar-refractivity contribution in [1.82, 2.24) is 14.8 Å². The van der Waals surface area contributed by atoms with E-state index in [1.54, 1.807) is 29.0 Å². The highest BCUT2D eigenvalue weighted by molar-refractivity contribution is 7.90. The molecule has 2 amide bonds. The number of carbonyl (C=O) groups is 2. The number of aromatic nitrogens is 3. The highest BCUT2D eigenvalue weighted by atomic mass is 32.1. The van der Waals surface area contributed by atoms with Crippen molar-refractivity contribution in [2.24, 2.45) is 5.73 Å². The van der Waals surface area contributed by atoms with Crippen LogP contribution in [0.4, 0.5) is 5.82 Å². The van der Waals surface area contributed by atoms with Crippen LogP contribution in [0.2, 0.25) is 0 Å². The molecular weight excluding hydrogens is 362 g/mol. The molecule has 0 bridgehead atoms. The van der Waals surface area contributed by atoms with Gasteiger partial charge in [0.05, 0.1) is 11.7 Å². The molecule has 0 unspecified atom stereocenters. The minimum Gasteiger partial charge on any atom is -0.366 e. The van der Waals surface area contributed by atoms with Gasteiger partial charge in [-0.05, 0) is 35.7 Å². The second kappa shape index (κ2) is 6.55. The first-order chi connectivity index (χ1) is 12.9. The van der Waals surface area contributed by atoms with Crippen LogP contribution in [-0.4, -0.2) is 33.6 Å². The number of primary amides is 1. The number of amides is 2. The number of nitrogens with zero attached hydrogens (tertiary/aromatic N) is 4. The van der Waals surface area contributed by atoms with Crippen molar-refractivity contribution < 1.29 is 9.59 Å². The summed E-state index contributed by atoms with van der Waals surface area (Å²) in [5, 5.41) is 5.54. The van der Waals surface area contributed by atoms with Crippen LogP contribution in [0.5, 0.6) is 0 Å². The Kier molecular flexibility index (Phi) is 4.19. The van der Waals surface area contributed by atoms with E-state index < -0.39 is 5.91 Å². The summed E-state index contributed by atoms with van der Waals surface area (Å²) in [6.45, 7) is 0. The largest absolute Gasteiger partial charge is 0.366 e. The molecule has 1 aliphatic heterocycles. The number of rotatable bonds is 3. The molecule has 136 valence electrons. The van der Waals surface area contributed by atoms with Crippen LogP contribution < -0.4 is 10.6 Å². The Morgan fingerprint density at radius 3 is 2.81 bits per heavy atom. The summed E-state index contributed by atoms with van der Waals surface area (Å²) in [4.78, 5) is 29.0. The highest BCUT2D eigenvalue weighted by Crippen LogP contribution is 2.31. The Morgan fingerprint density at radius 2 is 2.04 bits per heavy atom. The molecule has 0 spiro atoms. The third kappa shape index (κ3) is 3.08. The SMILES string of the molecule is CN1C(=O)CCc2cc(-c3ccc4c(cnn4/C(S)=C/C(N)=O)c3)cnc21. The van der Waals surface area contributed by atoms with Gasteiger partial charge in [-0.3, -0.25) is 14.5 Å². The summed E-state index contributed by atoms with van der Waals surface area (Å²) in [5.41, 5.74) is 9.03. The van der Waals surface area contributed by atoms with Gasteiger partial charge in [-0.1, -0.05) is 6.07 Å². The number of nitrogens with two attached hydrogens (primary N) is 1. The van der Waals surface area contributed by atoms with Gasteiger partial charge in [0.1, 0.15) is 10.8 Å². The van der Waals surface area contributed by atoms with E-state index in [1.165, 1.54) is 6.08 Å². The molecule has 7 nitrogen and oxygen atoms in total. The van der Waals surface area contributed by atoms with Crippen LogP contribution in [0.25, 0.3) is 27.1 Å². The number of fused-ring (bicyclic) bond motifs is 2. The number of hydrogen-bond acceptors (Lipinski definition) is 5. The van der Waals surface area contributed by atoms with Crippen LogP contribution in [0.3, 0.4) is 0 Å². The van der Waals surface area contributed by atoms with E-state index in [2.05, 4.69) is 28.8 Å². The van der Waals surface area contributed by atoms with Gasteiger partial charge in [0.15, 0.2) is 0 Å². The molecule has 3 heterocycles. The maximum atomic E-state index is 11.8. The van der Waals surface area contributed by atoms with E-state index in [1.807, 2.05) is 18.2 Å². The van der Waals surface area contributed by atoms with Gasteiger partial charge in [-0.15, -0.1) is 12.6 Å². The summed E-state index contributed by atoms with van der Waals surface area (Å²) in [6.07, 6.45) is 5.89. The van der Waals surface area contributed by atoms with Gasteiger partial charge in [0.2, 0.25) is 11.8 Å². The Hall–Kier alpha value is -3.13. The zero-order valence-corrected chi connectivity index (χ0v) is 15.5. The van der Waals surface area contributed by atoms with E-state index in [0.717, 1.165) is 33.4 Å². The van der Waals surface area contributed by atoms with Crippen LogP contribution >= 0.6 is 12.6 Å². The molecule has 0 radical (unpaired) electrons. The predicted octanol–water partition coefficient (Wildman–Crippen LogP) is 2.22. The number of hydrogen-bond donors (Lipinski definition) is 2. The van der Waals surface area contributed by atoms with Crippen molar-refractivity contribution in [1.29, 1.82) is 0 Å². The summed E-state index contributed by atoms with van der Waals surface area (Å²) in [5.74, 6) is 0.229. The maximum absolute atomic E-state index is 11.8. The molecule has 1 aromatic carbocycles. The van der Waals surface area contributed by atoms with Gasteiger partial charge >= 0.3 is 0 Å². The average molecular weight is 379 g/mol. The average Bonchev–Trinajstić information content (AvgIpc) is 3.07. The van der Waals surface area contributed by atoms with E-state index in [-0.39, 0.29) is 5.91 Å². The lowest BCUT2D eigenvalue weighted by atomic mass is 9.99. The second-order valence-corrected chi connectivity index (χ2v) is 6.85. The minimum atomic E-state index is -0.580. The molecule has 0 atom stereocenters. The lowest BCUT2D eigenvalue weighted by Gasteiger charge is -2.24. The summed E-state index contributed by atoms with van der Waals surface area (Å²) < 4.78 is 1.55. The molecule has 0 saturated carbocycles. The standard InChI is InChI=1S/C19H17N5O2S/c1-23-17(26)5-3-12-7-13(9-21-19(12)23)11-2-4-15-14(6-11)10-22-24(15)18(27)8-16(20)25/h2,4,6-10,27H,3,5H2,1H3,(H2,20,25)/b18-8-. The number of carbonyl (C=O) groups excluding carboxylic acids is 2. The fraction of sp³-hybridized carbons (Fsp3) is 0.158. The molecule has 0 fully saturated rings. The first kappa shape index (κ1) is 17.3. The molecule has 3 aromatic rings. The quantitative estimate of drug-likeness (QED) is 0.539. The Labute approximate surface area is 160 Å².